The average molecular weight is 328 g/mol. The molecule has 0 unspecified atom stereocenters. The Bertz CT molecular complexity index is 906. The summed E-state index contributed by atoms with van der Waals surface area (Å²) in [5.41, 5.74) is 3.03. The predicted molar refractivity (Wildman–Crippen MR) is 96.8 cm³/mol. The van der Waals surface area contributed by atoms with Crippen LogP contribution in [0.25, 0.3) is 0 Å². The van der Waals surface area contributed by atoms with Crippen LogP contribution in [0.3, 0.4) is 0 Å². The van der Waals surface area contributed by atoms with Crippen molar-refractivity contribution in [1.82, 2.24) is 0 Å². The minimum absolute atomic E-state index is 0.172. The molecule has 3 aromatic carbocycles. The number of ether oxygens (including phenoxy) is 1. The number of nitrogens with one attached hydrogen (secondary N) is 1. The van der Waals surface area contributed by atoms with Crippen molar-refractivity contribution in [1.29, 1.82) is 5.26 Å². The molecule has 0 spiro atoms. The van der Waals surface area contributed by atoms with Crippen molar-refractivity contribution in [2.75, 3.05) is 5.32 Å². The molecular weight excluding hydrogens is 312 g/mol. The van der Waals surface area contributed by atoms with Crippen molar-refractivity contribution in [2.45, 2.75) is 6.92 Å². The summed E-state index contributed by atoms with van der Waals surface area (Å²) < 4.78 is 5.70. The zero-order chi connectivity index (χ0) is 17.6. The van der Waals surface area contributed by atoms with Gasteiger partial charge in [0, 0.05) is 11.3 Å². The van der Waals surface area contributed by atoms with E-state index in [1.165, 1.54) is 0 Å². The molecule has 0 heterocycles. The molecule has 0 saturated carbocycles. The molecule has 0 saturated heterocycles. The lowest BCUT2D eigenvalue weighted by Crippen LogP contribution is -2.11. The number of benzene rings is 3. The monoisotopic (exact) mass is 328 g/mol. The third-order valence-corrected chi connectivity index (χ3v) is 3.65. The summed E-state index contributed by atoms with van der Waals surface area (Å²) >= 11 is 0. The van der Waals surface area contributed by atoms with Gasteiger partial charge in [-0.1, -0.05) is 17.7 Å². The number of carbonyl (C=O) groups is 1. The van der Waals surface area contributed by atoms with Crippen molar-refractivity contribution >= 4 is 11.6 Å². The van der Waals surface area contributed by atoms with Crippen LogP contribution >= 0.6 is 0 Å². The van der Waals surface area contributed by atoms with E-state index in [-0.39, 0.29) is 5.91 Å². The van der Waals surface area contributed by atoms with Crippen LogP contribution in [0.4, 0.5) is 5.69 Å². The smallest absolute Gasteiger partial charge is 0.255 e. The van der Waals surface area contributed by atoms with Gasteiger partial charge < -0.3 is 10.1 Å². The van der Waals surface area contributed by atoms with E-state index in [4.69, 9.17) is 10.00 Å². The highest BCUT2D eigenvalue weighted by atomic mass is 16.5. The van der Waals surface area contributed by atoms with Crippen molar-refractivity contribution in [2.24, 2.45) is 0 Å². The number of amides is 1. The van der Waals surface area contributed by atoms with E-state index in [2.05, 4.69) is 11.4 Å². The number of nitriles is 1. The summed E-state index contributed by atoms with van der Waals surface area (Å²) in [7, 11) is 0. The second kappa shape index (κ2) is 7.33. The number of hydrogen-bond acceptors (Lipinski definition) is 3. The first-order chi connectivity index (χ1) is 12.1. The van der Waals surface area contributed by atoms with E-state index < -0.39 is 0 Å². The number of anilines is 1. The normalized spacial score (nSPS) is 9.92. The largest absolute Gasteiger partial charge is 0.457 e. The Labute approximate surface area is 146 Å². The van der Waals surface area contributed by atoms with Crippen LogP contribution < -0.4 is 10.1 Å². The molecule has 122 valence electrons. The van der Waals surface area contributed by atoms with E-state index in [1.807, 2.05) is 31.2 Å². The summed E-state index contributed by atoms with van der Waals surface area (Å²) in [5, 5.41) is 11.6. The van der Waals surface area contributed by atoms with E-state index in [0.29, 0.717) is 22.6 Å². The van der Waals surface area contributed by atoms with E-state index >= 15 is 0 Å². The Morgan fingerprint density at radius 3 is 2.00 bits per heavy atom. The molecule has 0 aliphatic carbocycles. The molecule has 4 heteroatoms. The maximum Gasteiger partial charge on any atom is 0.255 e. The highest BCUT2D eigenvalue weighted by Crippen LogP contribution is 2.22. The highest BCUT2D eigenvalue weighted by molar-refractivity contribution is 6.04. The fourth-order valence-electron chi connectivity index (χ4n) is 2.25. The van der Waals surface area contributed by atoms with Gasteiger partial charge in [0.15, 0.2) is 0 Å². The third-order valence-electron chi connectivity index (χ3n) is 3.65. The molecule has 0 aromatic heterocycles. The third kappa shape index (κ3) is 4.24. The number of nitrogens with zero attached hydrogens (tertiary/aromatic N) is 1. The summed E-state index contributed by atoms with van der Waals surface area (Å²) in [6, 6.07) is 23.4. The second-order valence-electron chi connectivity index (χ2n) is 5.58. The topological polar surface area (TPSA) is 62.1 Å². The second-order valence-corrected chi connectivity index (χ2v) is 5.58. The van der Waals surface area contributed by atoms with Crippen LogP contribution in [0.2, 0.25) is 0 Å². The summed E-state index contributed by atoms with van der Waals surface area (Å²) in [4.78, 5) is 12.3. The number of carbonyl (C=O) groups excluding carboxylic acids is 1. The molecule has 0 atom stereocenters. The van der Waals surface area contributed by atoms with Gasteiger partial charge in [-0.2, -0.15) is 5.26 Å². The zero-order valence-electron chi connectivity index (χ0n) is 13.7. The van der Waals surface area contributed by atoms with Gasteiger partial charge in [0.1, 0.15) is 11.5 Å². The van der Waals surface area contributed by atoms with Gasteiger partial charge in [-0.05, 0) is 67.6 Å². The molecule has 3 aromatic rings. The maximum absolute atomic E-state index is 12.3. The van der Waals surface area contributed by atoms with Gasteiger partial charge in [-0.25, -0.2) is 0 Å². The Hall–Kier alpha value is -3.58. The average Bonchev–Trinajstić information content (AvgIpc) is 2.65. The van der Waals surface area contributed by atoms with Gasteiger partial charge in [-0.15, -0.1) is 0 Å². The fraction of sp³-hybridized carbons (Fsp3) is 0.0476. The van der Waals surface area contributed by atoms with Crippen molar-refractivity contribution in [3.63, 3.8) is 0 Å². The minimum atomic E-state index is -0.172. The molecule has 0 fully saturated rings. The molecule has 3 rings (SSSR count). The standard InChI is InChI=1S/C21H16N2O2/c1-15-2-8-18(9-3-15)23-21(24)17-6-12-20(13-7-17)25-19-10-4-16(14-22)5-11-19/h2-13H,1H3,(H,23,24). The quantitative estimate of drug-likeness (QED) is 0.740. The van der Waals surface area contributed by atoms with Crippen molar-refractivity contribution in [3.8, 4) is 17.6 Å². The fourth-order valence-corrected chi connectivity index (χ4v) is 2.25. The Morgan fingerprint density at radius 1 is 0.880 bits per heavy atom. The van der Waals surface area contributed by atoms with Gasteiger partial charge >= 0.3 is 0 Å². The molecule has 4 nitrogen and oxygen atoms in total. The lowest BCUT2D eigenvalue weighted by Gasteiger charge is -2.08. The van der Waals surface area contributed by atoms with Gasteiger partial charge in [0.25, 0.3) is 5.91 Å². The number of hydrogen-bond donors (Lipinski definition) is 1. The molecule has 1 N–H and O–H groups in total. The van der Waals surface area contributed by atoms with Gasteiger partial charge in [-0.3, -0.25) is 4.79 Å². The molecular formula is C21H16N2O2. The van der Waals surface area contributed by atoms with Crippen LogP contribution in [-0.2, 0) is 0 Å². The summed E-state index contributed by atoms with van der Waals surface area (Å²) in [5.74, 6) is 1.08. The van der Waals surface area contributed by atoms with Crippen molar-refractivity contribution in [3.05, 3.63) is 89.5 Å². The van der Waals surface area contributed by atoms with Crippen LogP contribution in [0.5, 0.6) is 11.5 Å². The lowest BCUT2D eigenvalue weighted by atomic mass is 10.2. The first-order valence-electron chi connectivity index (χ1n) is 7.80. The van der Waals surface area contributed by atoms with E-state index in [9.17, 15) is 4.79 Å². The Kier molecular flexibility index (Phi) is 4.77. The molecule has 25 heavy (non-hydrogen) atoms. The predicted octanol–water partition coefficient (Wildman–Crippen LogP) is 4.91. The minimum Gasteiger partial charge on any atom is -0.457 e. The number of rotatable bonds is 4. The van der Waals surface area contributed by atoms with Crippen LogP contribution in [0.1, 0.15) is 21.5 Å². The summed E-state index contributed by atoms with van der Waals surface area (Å²) in [6.45, 7) is 2.00. The molecule has 1 amide bonds. The number of aryl methyl sites for hydroxylation is 1. The molecule has 0 aliphatic heterocycles. The zero-order valence-corrected chi connectivity index (χ0v) is 13.7. The Balaban J connectivity index is 1.65. The van der Waals surface area contributed by atoms with E-state index in [1.54, 1.807) is 48.5 Å². The molecule has 0 radical (unpaired) electrons. The first kappa shape index (κ1) is 16.3. The van der Waals surface area contributed by atoms with E-state index in [0.717, 1.165) is 11.3 Å². The van der Waals surface area contributed by atoms with Crippen molar-refractivity contribution < 1.29 is 9.53 Å². The molecule has 0 aliphatic rings. The highest BCUT2D eigenvalue weighted by Gasteiger charge is 2.06. The lowest BCUT2D eigenvalue weighted by molar-refractivity contribution is 0.102. The van der Waals surface area contributed by atoms with Gasteiger partial charge in [0.2, 0.25) is 0 Å². The SMILES string of the molecule is Cc1ccc(NC(=O)c2ccc(Oc3ccc(C#N)cc3)cc2)cc1. The van der Waals surface area contributed by atoms with Crippen LogP contribution in [-0.4, -0.2) is 5.91 Å². The van der Waals surface area contributed by atoms with Gasteiger partial charge in [0.05, 0.1) is 11.6 Å². The summed E-state index contributed by atoms with van der Waals surface area (Å²) in [6.07, 6.45) is 0. The Morgan fingerprint density at radius 2 is 1.44 bits per heavy atom. The maximum atomic E-state index is 12.3. The van der Waals surface area contributed by atoms with Crippen LogP contribution in [0.15, 0.2) is 72.8 Å². The van der Waals surface area contributed by atoms with Crippen LogP contribution in [0, 0.1) is 18.3 Å². The first-order valence-corrected chi connectivity index (χ1v) is 7.80. The molecule has 0 bridgehead atoms.